The number of hydrogen-bond donors (Lipinski definition) is 0. The Kier molecular flexibility index (Phi) is 3.82. The van der Waals surface area contributed by atoms with Crippen LogP contribution in [-0.4, -0.2) is 34.0 Å². The smallest absolute Gasteiger partial charge is 0.225 e. The van der Waals surface area contributed by atoms with Crippen LogP contribution >= 0.6 is 11.8 Å². The highest BCUT2D eigenvalue weighted by molar-refractivity contribution is 8.18. The molecule has 0 atom stereocenters. The molecule has 0 amide bonds. The molecule has 1 aromatic rings. The lowest BCUT2D eigenvalue weighted by molar-refractivity contribution is -0.119. The lowest BCUT2D eigenvalue weighted by atomic mass is 10.1. The molecule has 3 rings (SSSR count). The molecule has 0 radical (unpaired) electrons. The highest BCUT2D eigenvalue weighted by Crippen LogP contribution is 2.30. The van der Waals surface area contributed by atoms with E-state index in [-0.39, 0.29) is 17.3 Å². The van der Waals surface area contributed by atoms with Crippen molar-refractivity contribution in [3.05, 3.63) is 22.9 Å². The maximum absolute atomic E-state index is 11.6. The van der Waals surface area contributed by atoms with E-state index in [0.717, 1.165) is 37.7 Å². The van der Waals surface area contributed by atoms with Gasteiger partial charge in [-0.15, -0.1) is 0 Å². The highest BCUT2D eigenvalue weighted by atomic mass is 32.2. The maximum Gasteiger partial charge on any atom is 0.225 e. The molecule has 1 aromatic heterocycles. The average Bonchev–Trinajstić information content (AvgIpc) is 2.78. The number of carbonyl (C=O) groups excluding carboxylic acids is 2. The Bertz CT molecular complexity index is 580. The molecule has 104 valence electrons. The Morgan fingerprint density at radius 2 is 2.00 bits per heavy atom. The molecule has 3 heterocycles. The van der Waals surface area contributed by atoms with E-state index in [1.165, 1.54) is 6.42 Å². The molecular formula is C14H15N3O2S. The molecule has 0 aromatic carbocycles. The molecule has 20 heavy (non-hydrogen) atoms. The van der Waals surface area contributed by atoms with Crippen molar-refractivity contribution in [1.82, 2.24) is 9.97 Å². The minimum atomic E-state index is -0.113. The normalized spacial score (nSPS) is 21.8. The van der Waals surface area contributed by atoms with Crippen molar-refractivity contribution in [2.75, 3.05) is 18.0 Å². The molecule has 0 saturated carbocycles. The van der Waals surface area contributed by atoms with Crippen molar-refractivity contribution in [3.8, 4) is 0 Å². The van der Waals surface area contributed by atoms with E-state index in [0.29, 0.717) is 16.5 Å². The van der Waals surface area contributed by atoms with Gasteiger partial charge in [-0.1, -0.05) is 0 Å². The Hall–Kier alpha value is -1.69. The molecule has 6 heteroatoms. The Morgan fingerprint density at radius 3 is 2.70 bits per heavy atom. The zero-order valence-electron chi connectivity index (χ0n) is 11.0. The Balaban J connectivity index is 1.82. The summed E-state index contributed by atoms with van der Waals surface area (Å²) in [5.74, 6) is 0.596. The molecule has 0 unspecified atom stereocenters. The number of ketones is 1. The number of rotatable bonds is 2. The lowest BCUT2D eigenvalue weighted by Gasteiger charge is -2.26. The number of aromatic nitrogens is 2. The summed E-state index contributed by atoms with van der Waals surface area (Å²) >= 11 is 1.01. The number of nitrogens with zero attached hydrogens (tertiary/aromatic N) is 3. The number of carbonyl (C=O) groups is 2. The fourth-order valence-electron chi connectivity index (χ4n) is 2.37. The molecule has 2 saturated heterocycles. The highest BCUT2D eigenvalue weighted by Gasteiger charge is 2.26. The first kappa shape index (κ1) is 13.3. The van der Waals surface area contributed by atoms with Crippen LogP contribution in [0.2, 0.25) is 0 Å². The van der Waals surface area contributed by atoms with Crippen molar-refractivity contribution in [3.63, 3.8) is 0 Å². The third kappa shape index (κ3) is 2.90. The quantitative estimate of drug-likeness (QED) is 0.613. The van der Waals surface area contributed by atoms with Gasteiger partial charge < -0.3 is 4.90 Å². The van der Waals surface area contributed by atoms with Crippen molar-refractivity contribution in [1.29, 1.82) is 0 Å². The summed E-state index contributed by atoms with van der Waals surface area (Å²) in [6.45, 7) is 1.96. The average molecular weight is 289 g/mol. The lowest BCUT2D eigenvalue weighted by Crippen LogP contribution is -2.31. The SMILES string of the molecule is O=C1CC(=O)/C(=C/c2ccnc(N3CCCCC3)n2)S1. The van der Waals surface area contributed by atoms with Crippen molar-refractivity contribution in [2.24, 2.45) is 0 Å². The second-order valence-electron chi connectivity index (χ2n) is 4.91. The summed E-state index contributed by atoms with van der Waals surface area (Å²) in [6, 6.07) is 1.76. The fourth-order valence-corrected chi connectivity index (χ4v) is 3.18. The van der Waals surface area contributed by atoms with E-state index >= 15 is 0 Å². The van der Waals surface area contributed by atoms with Crippen LogP contribution < -0.4 is 4.90 Å². The molecule has 0 N–H and O–H groups in total. The van der Waals surface area contributed by atoms with Gasteiger partial charge in [-0.2, -0.15) is 0 Å². The van der Waals surface area contributed by atoms with Gasteiger partial charge in [0.1, 0.15) is 0 Å². The van der Waals surface area contributed by atoms with Gasteiger partial charge in [0.15, 0.2) is 5.78 Å². The van der Waals surface area contributed by atoms with Crippen molar-refractivity contribution >= 4 is 34.7 Å². The van der Waals surface area contributed by atoms with Gasteiger partial charge in [0.25, 0.3) is 0 Å². The van der Waals surface area contributed by atoms with Crippen LogP contribution in [0.5, 0.6) is 0 Å². The summed E-state index contributed by atoms with van der Waals surface area (Å²) < 4.78 is 0. The van der Waals surface area contributed by atoms with Gasteiger partial charge in [-0.25, -0.2) is 9.97 Å². The third-order valence-electron chi connectivity index (χ3n) is 3.39. The van der Waals surface area contributed by atoms with Gasteiger partial charge in [0.2, 0.25) is 11.1 Å². The van der Waals surface area contributed by atoms with E-state index in [1.54, 1.807) is 18.3 Å². The second-order valence-corrected chi connectivity index (χ2v) is 6.01. The molecular weight excluding hydrogens is 274 g/mol. The van der Waals surface area contributed by atoms with Crippen molar-refractivity contribution in [2.45, 2.75) is 25.7 Å². The van der Waals surface area contributed by atoms with Crippen molar-refractivity contribution < 1.29 is 9.59 Å². The summed E-state index contributed by atoms with van der Waals surface area (Å²) in [5.41, 5.74) is 0.686. The van der Waals surface area contributed by atoms with Gasteiger partial charge in [-0.3, -0.25) is 9.59 Å². The van der Waals surface area contributed by atoms with Gasteiger partial charge in [0.05, 0.1) is 17.0 Å². The van der Waals surface area contributed by atoms with Crippen LogP contribution in [0.15, 0.2) is 17.2 Å². The first-order valence-corrected chi connectivity index (χ1v) is 7.57. The standard InChI is InChI=1S/C14H15N3O2S/c18-11-9-13(19)20-12(11)8-10-4-5-15-14(16-10)17-6-2-1-3-7-17/h4-5,8H,1-3,6-7,9H2/b12-8-. The Labute approximate surface area is 121 Å². The van der Waals surface area contributed by atoms with Gasteiger partial charge >= 0.3 is 0 Å². The number of hydrogen-bond acceptors (Lipinski definition) is 6. The largest absolute Gasteiger partial charge is 0.341 e. The third-order valence-corrected chi connectivity index (χ3v) is 4.32. The summed E-state index contributed by atoms with van der Waals surface area (Å²) in [5, 5.41) is -0.0911. The number of allylic oxidation sites excluding steroid dienone is 1. The van der Waals surface area contributed by atoms with Crippen LogP contribution in [0.4, 0.5) is 5.95 Å². The van der Waals surface area contributed by atoms with E-state index in [1.807, 2.05) is 0 Å². The fraction of sp³-hybridized carbons (Fsp3) is 0.429. The van der Waals surface area contributed by atoms with E-state index < -0.39 is 0 Å². The topological polar surface area (TPSA) is 63.2 Å². The van der Waals surface area contributed by atoms with E-state index in [4.69, 9.17) is 0 Å². The second kappa shape index (κ2) is 5.75. The number of anilines is 1. The molecule has 0 bridgehead atoms. The van der Waals surface area contributed by atoms with Crippen LogP contribution in [0.25, 0.3) is 6.08 Å². The monoisotopic (exact) mass is 289 g/mol. The summed E-state index contributed by atoms with van der Waals surface area (Å²) in [6.07, 6.45) is 6.98. The van der Waals surface area contributed by atoms with Crippen LogP contribution in [0.1, 0.15) is 31.4 Å². The predicted octanol–water partition coefficient (Wildman–Crippen LogP) is 2.04. The molecule has 2 fully saturated rings. The van der Waals surface area contributed by atoms with E-state index in [2.05, 4.69) is 14.9 Å². The Morgan fingerprint density at radius 1 is 1.20 bits per heavy atom. The van der Waals surface area contributed by atoms with Gasteiger partial charge in [-0.05, 0) is 43.2 Å². The predicted molar refractivity (Wildman–Crippen MR) is 78.3 cm³/mol. The zero-order valence-corrected chi connectivity index (χ0v) is 11.9. The molecule has 0 spiro atoms. The zero-order chi connectivity index (χ0) is 13.9. The van der Waals surface area contributed by atoms with Crippen LogP contribution in [0, 0.1) is 0 Å². The minimum absolute atomic E-state index is 0.000561. The molecule has 0 aliphatic carbocycles. The number of piperidine rings is 1. The number of Topliss-reactive ketones (excluding diaryl/α,β-unsaturated/α-hetero) is 1. The van der Waals surface area contributed by atoms with Crippen LogP contribution in [0.3, 0.4) is 0 Å². The maximum atomic E-state index is 11.6. The number of thioether (sulfide) groups is 1. The molecule has 5 nitrogen and oxygen atoms in total. The van der Waals surface area contributed by atoms with Gasteiger partial charge in [0, 0.05) is 19.3 Å². The molecule has 2 aliphatic rings. The summed E-state index contributed by atoms with van der Waals surface area (Å²) in [7, 11) is 0. The molecule has 2 aliphatic heterocycles. The first-order valence-electron chi connectivity index (χ1n) is 6.76. The minimum Gasteiger partial charge on any atom is -0.341 e. The van der Waals surface area contributed by atoms with Crippen LogP contribution in [-0.2, 0) is 9.59 Å². The first-order chi connectivity index (χ1) is 9.72. The summed E-state index contributed by atoms with van der Waals surface area (Å²) in [4.78, 5) is 34.3. The van der Waals surface area contributed by atoms with E-state index in [9.17, 15) is 9.59 Å².